The summed E-state index contributed by atoms with van der Waals surface area (Å²) < 4.78 is 0. The van der Waals surface area contributed by atoms with Gasteiger partial charge >= 0.3 is 0 Å². The monoisotopic (exact) mass is 262 g/mol. The third-order valence-electron chi connectivity index (χ3n) is 3.42. The van der Waals surface area contributed by atoms with Crippen molar-refractivity contribution in [1.82, 2.24) is 10.2 Å². The highest BCUT2D eigenvalue weighted by molar-refractivity contribution is 5.97. The van der Waals surface area contributed by atoms with Crippen molar-refractivity contribution in [2.24, 2.45) is 0 Å². The van der Waals surface area contributed by atoms with Crippen molar-refractivity contribution >= 4 is 5.91 Å². The molecule has 1 aromatic carbocycles. The number of nitrogens with zero attached hydrogens (tertiary/aromatic N) is 1. The van der Waals surface area contributed by atoms with Gasteiger partial charge in [0.05, 0.1) is 5.56 Å². The molecule has 19 heavy (non-hydrogen) atoms. The van der Waals surface area contributed by atoms with Gasteiger partial charge in [0.15, 0.2) is 0 Å². The van der Waals surface area contributed by atoms with Crippen LogP contribution in [0, 0.1) is 0 Å². The quantitative estimate of drug-likeness (QED) is 0.872. The first-order valence-corrected chi connectivity index (χ1v) is 6.81. The lowest BCUT2D eigenvalue weighted by Gasteiger charge is -2.31. The second-order valence-electron chi connectivity index (χ2n) is 5.84. The molecule has 4 nitrogen and oxygen atoms in total. The van der Waals surface area contributed by atoms with Crippen LogP contribution in [0.2, 0.25) is 0 Å². The molecule has 0 spiro atoms. The predicted molar refractivity (Wildman–Crippen MR) is 75.3 cm³/mol. The second-order valence-corrected chi connectivity index (χ2v) is 5.84. The molecular weight excluding hydrogens is 240 g/mol. The van der Waals surface area contributed by atoms with E-state index in [0.29, 0.717) is 5.56 Å². The highest BCUT2D eigenvalue weighted by Gasteiger charge is 2.26. The van der Waals surface area contributed by atoms with Crippen LogP contribution in [0.4, 0.5) is 0 Å². The van der Waals surface area contributed by atoms with Crippen molar-refractivity contribution < 1.29 is 9.90 Å². The summed E-state index contributed by atoms with van der Waals surface area (Å²) in [6.45, 7) is 7.09. The second kappa shape index (κ2) is 5.61. The van der Waals surface area contributed by atoms with Crippen molar-refractivity contribution in [2.75, 3.05) is 19.6 Å². The van der Waals surface area contributed by atoms with Crippen LogP contribution in [0.5, 0.6) is 5.75 Å². The summed E-state index contributed by atoms with van der Waals surface area (Å²) in [6, 6.07) is 6.63. The number of benzene rings is 1. The van der Waals surface area contributed by atoms with E-state index in [2.05, 4.69) is 10.2 Å². The van der Waals surface area contributed by atoms with E-state index in [-0.39, 0.29) is 17.2 Å². The van der Waals surface area contributed by atoms with Crippen LogP contribution in [0.3, 0.4) is 0 Å². The van der Waals surface area contributed by atoms with Crippen LogP contribution >= 0.6 is 0 Å². The molecule has 1 heterocycles. The molecule has 0 aromatic heterocycles. The first-order chi connectivity index (χ1) is 8.98. The Morgan fingerprint density at radius 1 is 1.32 bits per heavy atom. The van der Waals surface area contributed by atoms with Gasteiger partial charge in [-0.15, -0.1) is 0 Å². The van der Waals surface area contributed by atoms with Crippen LogP contribution in [-0.4, -0.2) is 41.1 Å². The van der Waals surface area contributed by atoms with Gasteiger partial charge in [-0.3, -0.25) is 4.79 Å². The Kier molecular flexibility index (Phi) is 4.10. The van der Waals surface area contributed by atoms with Crippen LogP contribution < -0.4 is 5.32 Å². The fourth-order valence-electron chi connectivity index (χ4n) is 2.58. The highest BCUT2D eigenvalue weighted by atomic mass is 16.3. The third-order valence-corrected chi connectivity index (χ3v) is 3.42. The Morgan fingerprint density at radius 3 is 2.58 bits per heavy atom. The summed E-state index contributed by atoms with van der Waals surface area (Å²) in [5.74, 6) is -0.195. The summed E-state index contributed by atoms with van der Waals surface area (Å²) in [6.07, 6.45) is 2.48. The van der Waals surface area contributed by atoms with E-state index in [1.807, 2.05) is 13.8 Å². The number of likely N-dealkylation sites (tertiary alicyclic amines) is 1. The van der Waals surface area contributed by atoms with Gasteiger partial charge in [-0.1, -0.05) is 12.1 Å². The lowest BCUT2D eigenvalue weighted by Crippen LogP contribution is -2.51. The molecule has 0 atom stereocenters. The molecule has 0 aliphatic carbocycles. The Morgan fingerprint density at radius 2 is 1.95 bits per heavy atom. The van der Waals surface area contributed by atoms with Crippen LogP contribution in [0.1, 0.15) is 37.0 Å². The third kappa shape index (κ3) is 3.70. The maximum Gasteiger partial charge on any atom is 0.255 e. The van der Waals surface area contributed by atoms with Crippen LogP contribution in [0.15, 0.2) is 24.3 Å². The number of carbonyl (C=O) groups excluding carboxylic acids is 1. The summed E-state index contributed by atoms with van der Waals surface area (Å²) in [5.41, 5.74) is 0.0287. The summed E-state index contributed by atoms with van der Waals surface area (Å²) in [5, 5.41) is 12.7. The molecule has 1 aliphatic rings. The molecule has 2 N–H and O–H groups in total. The summed E-state index contributed by atoms with van der Waals surface area (Å²) in [7, 11) is 0. The van der Waals surface area contributed by atoms with Crippen LogP contribution in [0.25, 0.3) is 0 Å². The van der Waals surface area contributed by atoms with E-state index in [9.17, 15) is 9.90 Å². The fraction of sp³-hybridized carbons (Fsp3) is 0.533. The molecular formula is C15H22N2O2. The number of carbonyl (C=O) groups is 1. The number of aromatic hydroxyl groups is 1. The number of phenolic OH excluding ortho intramolecular Hbond substituents is 1. The van der Waals surface area contributed by atoms with Crippen molar-refractivity contribution in [3.8, 4) is 5.75 Å². The van der Waals surface area contributed by atoms with Gasteiger partial charge in [-0.25, -0.2) is 0 Å². The molecule has 1 fully saturated rings. The molecule has 1 saturated heterocycles. The molecule has 104 valence electrons. The SMILES string of the molecule is CC(C)(CN1CCCC1)NC(=O)c1ccccc1O. The van der Waals surface area contributed by atoms with Crippen molar-refractivity contribution in [2.45, 2.75) is 32.2 Å². The molecule has 1 aliphatic heterocycles. The minimum atomic E-state index is -0.302. The Bertz CT molecular complexity index is 451. The molecule has 0 unspecified atom stereocenters. The van der Waals surface area contributed by atoms with Gasteiger partial charge in [-0.2, -0.15) is 0 Å². The van der Waals surface area contributed by atoms with E-state index >= 15 is 0 Å². The fourth-order valence-corrected chi connectivity index (χ4v) is 2.58. The van der Waals surface area contributed by atoms with Gasteiger partial charge in [0.25, 0.3) is 5.91 Å². The lowest BCUT2D eigenvalue weighted by atomic mass is 10.0. The standard InChI is InChI=1S/C15H22N2O2/c1-15(2,11-17-9-5-6-10-17)16-14(19)12-7-3-4-8-13(12)18/h3-4,7-8,18H,5-6,9-11H2,1-2H3,(H,16,19). The average molecular weight is 262 g/mol. The van der Waals surface area contributed by atoms with E-state index in [0.717, 1.165) is 19.6 Å². The lowest BCUT2D eigenvalue weighted by molar-refractivity contribution is 0.0891. The molecule has 2 rings (SSSR count). The minimum Gasteiger partial charge on any atom is -0.507 e. The van der Waals surface area contributed by atoms with Gasteiger partial charge in [0, 0.05) is 12.1 Å². The van der Waals surface area contributed by atoms with E-state index in [4.69, 9.17) is 0 Å². The van der Waals surface area contributed by atoms with E-state index < -0.39 is 0 Å². The number of nitrogens with one attached hydrogen (secondary N) is 1. The van der Waals surface area contributed by atoms with Gasteiger partial charge in [0.2, 0.25) is 0 Å². The van der Waals surface area contributed by atoms with E-state index in [1.54, 1.807) is 18.2 Å². The van der Waals surface area contributed by atoms with Crippen molar-refractivity contribution in [1.29, 1.82) is 0 Å². The average Bonchev–Trinajstić information content (AvgIpc) is 2.80. The van der Waals surface area contributed by atoms with Gasteiger partial charge in [-0.05, 0) is 51.9 Å². The maximum atomic E-state index is 12.2. The zero-order chi connectivity index (χ0) is 13.9. The van der Waals surface area contributed by atoms with E-state index in [1.165, 1.54) is 18.9 Å². The first kappa shape index (κ1) is 13.9. The minimum absolute atomic E-state index is 0.0250. The zero-order valence-corrected chi connectivity index (χ0v) is 11.6. The molecule has 1 aromatic rings. The number of para-hydroxylation sites is 1. The van der Waals surface area contributed by atoms with Crippen LogP contribution in [-0.2, 0) is 0 Å². The number of hydrogen-bond donors (Lipinski definition) is 2. The Balaban J connectivity index is 1.99. The molecule has 0 bridgehead atoms. The number of amides is 1. The highest BCUT2D eigenvalue weighted by Crippen LogP contribution is 2.18. The number of rotatable bonds is 4. The predicted octanol–water partition coefficient (Wildman–Crippen LogP) is 2.00. The molecule has 0 saturated carbocycles. The molecule has 0 radical (unpaired) electrons. The van der Waals surface area contributed by atoms with Crippen molar-refractivity contribution in [3.05, 3.63) is 29.8 Å². The number of phenols is 1. The summed E-state index contributed by atoms with van der Waals surface area (Å²) >= 11 is 0. The molecule has 4 heteroatoms. The largest absolute Gasteiger partial charge is 0.507 e. The number of hydrogen-bond acceptors (Lipinski definition) is 3. The topological polar surface area (TPSA) is 52.6 Å². The first-order valence-electron chi connectivity index (χ1n) is 6.81. The zero-order valence-electron chi connectivity index (χ0n) is 11.6. The van der Waals surface area contributed by atoms with Gasteiger partial charge < -0.3 is 15.3 Å². The summed E-state index contributed by atoms with van der Waals surface area (Å²) in [4.78, 5) is 14.5. The molecule has 1 amide bonds. The normalized spacial score (nSPS) is 16.5. The Labute approximate surface area is 114 Å². The van der Waals surface area contributed by atoms with Gasteiger partial charge in [0.1, 0.15) is 5.75 Å². The maximum absolute atomic E-state index is 12.2. The van der Waals surface area contributed by atoms with Crippen molar-refractivity contribution in [3.63, 3.8) is 0 Å². The smallest absolute Gasteiger partial charge is 0.255 e. The Hall–Kier alpha value is -1.55.